The number of anilines is 1. The Bertz CT molecular complexity index is 791. The number of hydrogen-bond donors (Lipinski definition) is 0. The highest BCUT2D eigenvalue weighted by molar-refractivity contribution is 5.79. The number of carbonyl (C=O) groups excluding carboxylic acids is 1. The van der Waals surface area contributed by atoms with E-state index in [1.165, 1.54) is 16.8 Å². The minimum Gasteiger partial charge on any atom is -0.493 e. The minimum absolute atomic E-state index is 0.155. The number of ether oxygens (including phenoxy) is 2. The largest absolute Gasteiger partial charge is 0.493 e. The van der Waals surface area contributed by atoms with Crippen LogP contribution in [0.5, 0.6) is 11.5 Å². The second-order valence-electron chi connectivity index (χ2n) is 7.08. The summed E-state index contributed by atoms with van der Waals surface area (Å²) in [7, 11) is 3.22. The molecule has 0 radical (unpaired) electrons. The summed E-state index contributed by atoms with van der Waals surface area (Å²) in [5.41, 5.74) is 4.74. The van der Waals surface area contributed by atoms with Crippen molar-refractivity contribution in [1.82, 2.24) is 4.90 Å². The molecule has 0 spiro atoms. The SMILES string of the molecule is COc1ccc(CC(=O)N2CCN(c3cc(C)cc(C)c3)CC2)cc1OC. The van der Waals surface area contributed by atoms with Crippen LogP contribution in [0.4, 0.5) is 5.69 Å². The van der Waals surface area contributed by atoms with Gasteiger partial charge in [-0.25, -0.2) is 0 Å². The van der Waals surface area contributed by atoms with E-state index >= 15 is 0 Å². The summed E-state index contributed by atoms with van der Waals surface area (Å²) in [5, 5.41) is 0. The molecule has 1 amide bonds. The molecule has 5 nitrogen and oxygen atoms in total. The first-order valence-corrected chi connectivity index (χ1v) is 9.32. The fourth-order valence-electron chi connectivity index (χ4n) is 3.62. The number of methoxy groups -OCH3 is 2. The number of piperazine rings is 1. The van der Waals surface area contributed by atoms with Crippen LogP contribution in [0, 0.1) is 13.8 Å². The molecule has 0 bridgehead atoms. The molecule has 1 heterocycles. The van der Waals surface area contributed by atoms with Crippen molar-refractivity contribution in [3.63, 3.8) is 0 Å². The summed E-state index contributed by atoms with van der Waals surface area (Å²) in [6.07, 6.45) is 0.379. The fourth-order valence-corrected chi connectivity index (χ4v) is 3.62. The fraction of sp³-hybridized carbons (Fsp3) is 0.409. The van der Waals surface area contributed by atoms with Crippen LogP contribution in [0.1, 0.15) is 16.7 Å². The molecule has 0 N–H and O–H groups in total. The smallest absolute Gasteiger partial charge is 0.227 e. The Labute approximate surface area is 161 Å². The van der Waals surface area contributed by atoms with Crippen molar-refractivity contribution in [1.29, 1.82) is 0 Å². The Morgan fingerprint density at radius 1 is 0.889 bits per heavy atom. The van der Waals surface area contributed by atoms with E-state index in [1.807, 2.05) is 23.1 Å². The molecule has 0 unspecified atom stereocenters. The van der Waals surface area contributed by atoms with Crippen LogP contribution >= 0.6 is 0 Å². The quantitative estimate of drug-likeness (QED) is 0.813. The summed E-state index contributed by atoms with van der Waals surface area (Å²) in [6, 6.07) is 12.3. The summed E-state index contributed by atoms with van der Waals surface area (Å²) in [4.78, 5) is 17.0. The van der Waals surface area contributed by atoms with Gasteiger partial charge in [-0.15, -0.1) is 0 Å². The van der Waals surface area contributed by atoms with Gasteiger partial charge in [-0.1, -0.05) is 12.1 Å². The molecule has 0 aromatic heterocycles. The van der Waals surface area contributed by atoms with Crippen molar-refractivity contribution < 1.29 is 14.3 Å². The average molecular weight is 368 g/mol. The van der Waals surface area contributed by atoms with Crippen molar-refractivity contribution in [3.05, 3.63) is 53.1 Å². The monoisotopic (exact) mass is 368 g/mol. The van der Waals surface area contributed by atoms with Crippen molar-refractivity contribution in [3.8, 4) is 11.5 Å². The van der Waals surface area contributed by atoms with Crippen LogP contribution in [0.2, 0.25) is 0 Å². The van der Waals surface area contributed by atoms with Crippen LogP contribution < -0.4 is 14.4 Å². The van der Waals surface area contributed by atoms with E-state index in [9.17, 15) is 4.79 Å². The predicted octanol–water partition coefficient (Wildman–Crippen LogP) is 3.21. The Morgan fingerprint density at radius 2 is 1.52 bits per heavy atom. The van der Waals surface area contributed by atoms with E-state index in [0.29, 0.717) is 17.9 Å². The van der Waals surface area contributed by atoms with Gasteiger partial charge in [0.1, 0.15) is 0 Å². The second-order valence-corrected chi connectivity index (χ2v) is 7.08. The number of amides is 1. The van der Waals surface area contributed by atoms with Crippen LogP contribution in [-0.2, 0) is 11.2 Å². The Hall–Kier alpha value is -2.69. The molecule has 2 aromatic carbocycles. The first kappa shape index (κ1) is 19.1. The first-order valence-electron chi connectivity index (χ1n) is 9.32. The van der Waals surface area contributed by atoms with Crippen molar-refractivity contribution in [2.75, 3.05) is 45.3 Å². The molecule has 3 rings (SSSR count). The van der Waals surface area contributed by atoms with Gasteiger partial charge in [0.25, 0.3) is 0 Å². The summed E-state index contributed by atoms with van der Waals surface area (Å²) >= 11 is 0. The lowest BCUT2D eigenvalue weighted by atomic mass is 10.1. The average Bonchev–Trinajstić information content (AvgIpc) is 2.67. The molecular weight excluding hydrogens is 340 g/mol. The van der Waals surface area contributed by atoms with Gasteiger partial charge in [0, 0.05) is 31.9 Å². The normalized spacial score (nSPS) is 14.2. The number of hydrogen-bond acceptors (Lipinski definition) is 4. The van der Waals surface area contributed by atoms with Crippen molar-refractivity contribution >= 4 is 11.6 Å². The highest BCUT2D eigenvalue weighted by Gasteiger charge is 2.22. The van der Waals surface area contributed by atoms with E-state index in [0.717, 1.165) is 31.7 Å². The third-order valence-electron chi connectivity index (χ3n) is 5.01. The van der Waals surface area contributed by atoms with Gasteiger partial charge in [0.2, 0.25) is 5.91 Å². The minimum atomic E-state index is 0.155. The molecule has 1 aliphatic heterocycles. The predicted molar refractivity (Wildman–Crippen MR) is 108 cm³/mol. The van der Waals surface area contributed by atoms with Gasteiger partial charge in [0.15, 0.2) is 11.5 Å². The highest BCUT2D eigenvalue weighted by Crippen LogP contribution is 2.28. The van der Waals surface area contributed by atoms with E-state index < -0.39 is 0 Å². The van der Waals surface area contributed by atoms with Crippen LogP contribution in [0.3, 0.4) is 0 Å². The Kier molecular flexibility index (Phi) is 5.89. The zero-order chi connectivity index (χ0) is 19.4. The summed E-state index contributed by atoms with van der Waals surface area (Å²) < 4.78 is 10.6. The van der Waals surface area contributed by atoms with Gasteiger partial charge < -0.3 is 19.3 Å². The molecule has 2 aromatic rings. The maximum Gasteiger partial charge on any atom is 0.227 e. The lowest BCUT2D eigenvalue weighted by molar-refractivity contribution is -0.130. The lowest BCUT2D eigenvalue weighted by Gasteiger charge is -2.36. The lowest BCUT2D eigenvalue weighted by Crippen LogP contribution is -2.49. The van der Waals surface area contributed by atoms with Gasteiger partial charge >= 0.3 is 0 Å². The third kappa shape index (κ3) is 4.54. The number of carbonyl (C=O) groups is 1. The zero-order valence-electron chi connectivity index (χ0n) is 16.6. The van der Waals surface area contributed by atoms with E-state index in [-0.39, 0.29) is 5.91 Å². The molecule has 0 aliphatic carbocycles. The molecule has 5 heteroatoms. The van der Waals surface area contributed by atoms with E-state index in [1.54, 1.807) is 14.2 Å². The summed E-state index contributed by atoms with van der Waals surface area (Å²) in [6.45, 7) is 7.47. The topological polar surface area (TPSA) is 42.0 Å². The standard InChI is InChI=1S/C22H28N2O3/c1-16-11-17(2)13-19(12-16)23-7-9-24(10-8-23)22(25)15-18-5-6-20(26-3)21(14-18)27-4/h5-6,11-14H,7-10,15H2,1-4H3. The van der Waals surface area contributed by atoms with Crippen LogP contribution in [0.25, 0.3) is 0 Å². The molecule has 1 aliphatic rings. The van der Waals surface area contributed by atoms with E-state index in [2.05, 4.69) is 36.9 Å². The van der Waals surface area contributed by atoms with Crippen LogP contribution in [-0.4, -0.2) is 51.2 Å². The van der Waals surface area contributed by atoms with Gasteiger partial charge in [0.05, 0.1) is 20.6 Å². The Balaban J connectivity index is 1.60. The van der Waals surface area contributed by atoms with Gasteiger partial charge in [-0.05, 0) is 54.8 Å². The third-order valence-corrected chi connectivity index (χ3v) is 5.01. The molecule has 1 saturated heterocycles. The van der Waals surface area contributed by atoms with E-state index in [4.69, 9.17) is 9.47 Å². The molecule has 0 atom stereocenters. The van der Waals surface area contributed by atoms with Crippen LogP contribution in [0.15, 0.2) is 36.4 Å². The molecule has 0 saturated carbocycles. The van der Waals surface area contributed by atoms with Gasteiger partial charge in [-0.2, -0.15) is 0 Å². The van der Waals surface area contributed by atoms with Crippen molar-refractivity contribution in [2.45, 2.75) is 20.3 Å². The number of rotatable bonds is 5. The first-order chi connectivity index (χ1) is 13.0. The zero-order valence-corrected chi connectivity index (χ0v) is 16.6. The van der Waals surface area contributed by atoms with Gasteiger partial charge in [-0.3, -0.25) is 4.79 Å². The maximum atomic E-state index is 12.7. The number of aryl methyl sites for hydroxylation is 2. The summed E-state index contributed by atoms with van der Waals surface area (Å²) in [5.74, 6) is 1.49. The molecule has 1 fully saturated rings. The maximum absolute atomic E-state index is 12.7. The Morgan fingerprint density at radius 3 is 2.11 bits per heavy atom. The highest BCUT2D eigenvalue weighted by atomic mass is 16.5. The molecule has 144 valence electrons. The molecular formula is C22H28N2O3. The van der Waals surface area contributed by atoms with Crippen molar-refractivity contribution in [2.24, 2.45) is 0 Å². The molecule has 27 heavy (non-hydrogen) atoms. The second kappa shape index (κ2) is 8.33. The number of nitrogens with zero attached hydrogens (tertiary/aromatic N) is 2. The number of benzene rings is 2.